The normalized spacial score (nSPS) is 14.3. The lowest BCUT2D eigenvalue weighted by molar-refractivity contribution is 0.0691. The Morgan fingerprint density at radius 3 is 2.76 bits per heavy atom. The van der Waals surface area contributed by atoms with Gasteiger partial charge in [0.1, 0.15) is 5.82 Å². The molecule has 1 N–H and O–H groups in total. The summed E-state index contributed by atoms with van der Waals surface area (Å²) < 4.78 is 29.9. The lowest BCUT2D eigenvalue weighted by Crippen LogP contribution is -2.15. The van der Waals surface area contributed by atoms with Crippen molar-refractivity contribution < 1.29 is 23.2 Å². The van der Waals surface area contributed by atoms with Crippen molar-refractivity contribution in [3.05, 3.63) is 29.6 Å². The van der Waals surface area contributed by atoms with Crippen LogP contribution >= 0.6 is 0 Å². The monoisotopic (exact) mass is 260 g/mol. The maximum atomic E-state index is 13.1. The van der Waals surface area contributed by atoms with Crippen LogP contribution in [0, 0.1) is 5.82 Å². The fourth-order valence-electron chi connectivity index (χ4n) is 1.19. The average Bonchev–Trinajstić information content (AvgIpc) is 2.28. The maximum Gasteiger partial charge on any atom is 0.338 e. The second kappa shape index (κ2) is 5.88. The molecule has 2 atom stereocenters. The fraction of sp³-hybridized carbons (Fsp3) is 0.364. The van der Waals surface area contributed by atoms with Crippen LogP contribution in [0.4, 0.5) is 4.39 Å². The topological polar surface area (TPSA) is 63.6 Å². The van der Waals surface area contributed by atoms with Crippen molar-refractivity contribution in [3.63, 3.8) is 0 Å². The summed E-state index contributed by atoms with van der Waals surface area (Å²) in [6, 6.07) is 3.42. The summed E-state index contributed by atoms with van der Waals surface area (Å²) in [5, 5.41) is 8.74. The summed E-state index contributed by atoms with van der Waals surface area (Å²) in [4.78, 5) is 11.0. The van der Waals surface area contributed by atoms with Crippen LogP contribution in [-0.2, 0) is 15.5 Å². The summed E-state index contributed by atoms with van der Waals surface area (Å²) in [6.45, 7) is 1.75. The summed E-state index contributed by atoms with van der Waals surface area (Å²) in [6.07, 6.45) is -0.214. The number of aromatic carboxylic acids is 1. The number of carboxylic acids is 1. The molecule has 0 fully saturated rings. The molecule has 0 bridgehead atoms. The Labute approximate surface area is 101 Å². The van der Waals surface area contributed by atoms with Crippen LogP contribution in [0.1, 0.15) is 17.3 Å². The highest BCUT2D eigenvalue weighted by Crippen LogP contribution is 2.15. The van der Waals surface area contributed by atoms with E-state index in [-0.39, 0.29) is 16.8 Å². The molecule has 0 heterocycles. The third-order valence-corrected chi connectivity index (χ3v) is 3.77. The minimum Gasteiger partial charge on any atom is -0.478 e. The van der Waals surface area contributed by atoms with Gasteiger partial charge in [0.25, 0.3) is 0 Å². The number of hydrogen-bond donors (Lipinski definition) is 1. The van der Waals surface area contributed by atoms with Gasteiger partial charge in [0.05, 0.1) is 28.2 Å². The van der Waals surface area contributed by atoms with Crippen LogP contribution < -0.4 is 0 Å². The van der Waals surface area contributed by atoms with E-state index in [1.165, 1.54) is 13.2 Å². The summed E-state index contributed by atoms with van der Waals surface area (Å²) >= 11 is 0. The maximum absolute atomic E-state index is 13.1. The number of carbonyl (C=O) groups is 1. The molecule has 1 aromatic carbocycles. The Bertz CT molecular complexity index is 447. The molecule has 6 heteroatoms. The highest BCUT2D eigenvalue weighted by atomic mass is 32.2. The first-order chi connectivity index (χ1) is 7.95. The zero-order chi connectivity index (χ0) is 13.0. The molecular formula is C11H13FO4S. The van der Waals surface area contributed by atoms with Gasteiger partial charge >= 0.3 is 5.97 Å². The second-order valence-electron chi connectivity index (χ2n) is 3.51. The van der Waals surface area contributed by atoms with Gasteiger partial charge in [-0.3, -0.25) is 4.21 Å². The Morgan fingerprint density at radius 2 is 2.24 bits per heavy atom. The number of hydrogen-bond acceptors (Lipinski definition) is 3. The molecule has 17 heavy (non-hydrogen) atoms. The summed E-state index contributed by atoms with van der Waals surface area (Å²) in [5.74, 6) is -1.97. The largest absolute Gasteiger partial charge is 0.478 e. The Morgan fingerprint density at radius 1 is 1.59 bits per heavy atom. The van der Waals surface area contributed by atoms with E-state index < -0.39 is 28.1 Å². The van der Waals surface area contributed by atoms with E-state index >= 15 is 0 Å². The molecule has 1 rings (SSSR count). The molecule has 94 valence electrons. The van der Waals surface area contributed by atoms with Crippen molar-refractivity contribution in [2.75, 3.05) is 12.9 Å². The quantitative estimate of drug-likeness (QED) is 0.874. The number of carboxylic acid groups (broad SMARTS) is 1. The van der Waals surface area contributed by atoms with Gasteiger partial charge in [0, 0.05) is 12.0 Å². The minimum atomic E-state index is -1.40. The third-order valence-electron chi connectivity index (χ3n) is 2.22. The molecule has 4 nitrogen and oxygen atoms in total. The number of halogens is 1. The van der Waals surface area contributed by atoms with Crippen LogP contribution in [0.5, 0.6) is 0 Å². The number of methoxy groups -OCH3 is 1. The lowest BCUT2D eigenvalue weighted by atomic mass is 10.2. The second-order valence-corrected chi connectivity index (χ2v) is 5.00. The first-order valence-corrected chi connectivity index (χ1v) is 6.21. The molecule has 0 radical (unpaired) electrons. The molecule has 0 spiro atoms. The number of ether oxygens (including phenoxy) is 1. The van der Waals surface area contributed by atoms with Crippen molar-refractivity contribution in [3.8, 4) is 0 Å². The lowest BCUT2D eigenvalue weighted by Gasteiger charge is -2.09. The van der Waals surface area contributed by atoms with E-state index in [0.717, 1.165) is 12.1 Å². The first kappa shape index (κ1) is 13.8. The molecule has 0 aromatic heterocycles. The highest BCUT2D eigenvalue weighted by molar-refractivity contribution is 7.85. The van der Waals surface area contributed by atoms with Crippen molar-refractivity contribution in [2.45, 2.75) is 17.9 Å². The standard InChI is InChI=1S/C11H13FO4S/c1-7(16-2)6-17(15)8-3-4-10(12)9(5-8)11(13)14/h3-5,7H,6H2,1-2H3,(H,13,14). The van der Waals surface area contributed by atoms with Crippen molar-refractivity contribution in [1.82, 2.24) is 0 Å². The van der Waals surface area contributed by atoms with Gasteiger partial charge in [-0.15, -0.1) is 0 Å². The van der Waals surface area contributed by atoms with Gasteiger partial charge < -0.3 is 9.84 Å². The summed E-state index contributed by atoms with van der Waals surface area (Å²) in [7, 11) is 0.0918. The SMILES string of the molecule is COC(C)CS(=O)c1ccc(F)c(C(=O)O)c1. The molecule has 0 saturated carbocycles. The Kier molecular flexibility index (Phi) is 4.77. The number of benzene rings is 1. The molecule has 0 aliphatic rings. The molecule has 0 aliphatic heterocycles. The van der Waals surface area contributed by atoms with Gasteiger partial charge in [-0.05, 0) is 25.1 Å². The Hall–Kier alpha value is -1.27. The Balaban J connectivity index is 2.96. The van der Waals surface area contributed by atoms with Gasteiger partial charge in [0.2, 0.25) is 0 Å². The molecule has 2 unspecified atom stereocenters. The third kappa shape index (κ3) is 3.61. The van der Waals surface area contributed by atoms with Gasteiger partial charge in [-0.2, -0.15) is 0 Å². The van der Waals surface area contributed by atoms with Crippen LogP contribution in [0.15, 0.2) is 23.1 Å². The van der Waals surface area contributed by atoms with E-state index in [4.69, 9.17) is 9.84 Å². The molecule has 0 aliphatic carbocycles. The molecule has 1 aromatic rings. The van der Waals surface area contributed by atoms with Crippen molar-refractivity contribution in [2.24, 2.45) is 0 Å². The minimum absolute atomic E-state index is 0.214. The molecule has 0 saturated heterocycles. The van der Waals surface area contributed by atoms with E-state index in [0.29, 0.717) is 0 Å². The van der Waals surface area contributed by atoms with Crippen molar-refractivity contribution >= 4 is 16.8 Å². The van der Waals surface area contributed by atoms with Crippen molar-refractivity contribution in [1.29, 1.82) is 0 Å². The van der Waals surface area contributed by atoms with E-state index in [2.05, 4.69) is 0 Å². The van der Waals surface area contributed by atoms with E-state index in [1.807, 2.05) is 0 Å². The predicted molar refractivity (Wildman–Crippen MR) is 61.1 cm³/mol. The van der Waals surface area contributed by atoms with Crippen LogP contribution in [0.2, 0.25) is 0 Å². The van der Waals surface area contributed by atoms with Gasteiger partial charge in [-0.25, -0.2) is 9.18 Å². The highest BCUT2D eigenvalue weighted by Gasteiger charge is 2.15. The smallest absolute Gasteiger partial charge is 0.338 e. The van der Waals surface area contributed by atoms with E-state index in [1.54, 1.807) is 6.92 Å². The van der Waals surface area contributed by atoms with Gasteiger partial charge in [-0.1, -0.05) is 0 Å². The fourth-order valence-corrected chi connectivity index (χ4v) is 2.41. The molecular weight excluding hydrogens is 247 g/mol. The van der Waals surface area contributed by atoms with Gasteiger partial charge in [0.15, 0.2) is 0 Å². The average molecular weight is 260 g/mol. The zero-order valence-electron chi connectivity index (χ0n) is 9.47. The first-order valence-electron chi connectivity index (χ1n) is 4.89. The van der Waals surface area contributed by atoms with E-state index in [9.17, 15) is 13.4 Å². The van der Waals surface area contributed by atoms with Crippen LogP contribution in [0.3, 0.4) is 0 Å². The summed E-state index contributed by atoms with van der Waals surface area (Å²) in [5.41, 5.74) is -0.471. The zero-order valence-corrected chi connectivity index (χ0v) is 10.3. The number of rotatable bonds is 5. The van der Waals surface area contributed by atoms with Crippen LogP contribution in [0.25, 0.3) is 0 Å². The predicted octanol–water partition coefficient (Wildman–Crippen LogP) is 1.67. The molecule has 0 amide bonds. The van der Waals surface area contributed by atoms with Crippen LogP contribution in [-0.4, -0.2) is 34.3 Å².